The molecule has 7 nitrogen and oxygen atoms in total. The Morgan fingerprint density at radius 3 is 2.93 bits per heavy atom. The zero-order valence-corrected chi connectivity index (χ0v) is 17.0. The number of nitrogens with two attached hydrogens (primary N) is 1. The summed E-state index contributed by atoms with van der Waals surface area (Å²) in [5.41, 5.74) is 11.9. The number of anilines is 1. The van der Waals surface area contributed by atoms with Crippen LogP contribution in [0.1, 0.15) is 25.3 Å². The van der Waals surface area contributed by atoms with Crippen LogP contribution < -0.4 is 10.6 Å². The summed E-state index contributed by atoms with van der Waals surface area (Å²) in [5.74, 6) is 1.03. The molecular formula is C23H25N7. The van der Waals surface area contributed by atoms with Crippen molar-refractivity contribution in [3.8, 4) is 22.6 Å². The summed E-state index contributed by atoms with van der Waals surface area (Å²) < 4.78 is 0. The quantitative estimate of drug-likeness (QED) is 0.545. The van der Waals surface area contributed by atoms with E-state index in [1.807, 2.05) is 24.5 Å². The number of H-pyrrole nitrogens is 1. The van der Waals surface area contributed by atoms with Gasteiger partial charge in [0.05, 0.1) is 23.1 Å². The molecule has 1 fully saturated rings. The Hall–Kier alpha value is -3.32. The number of nitrogens with one attached hydrogen (secondary N) is 1. The molecule has 5 rings (SSSR count). The Morgan fingerprint density at radius 1 is 1.20 bits per heavy atom. The van der Waals surface area contributed by atoms with Crippen molar-refractivity contribution in [2.24, 2.45) is 5.73 Å². The van der Waals surface area contributed by atoms with Crippen molar-refractivity contribution < 1.29 is 0 Å². The van der Waals surface area contributed by atoms with Crippen LogP contribution >= 0.6 is 0 Å². The summed E-state index contributed by atoms with van der Waals surface area (Å²) in [6, 6.07) is 10.4. The van der Waals surface area contributed by atoms with Crippen molar-refractivity contribution in [3.05, 3.63) is 54.5 Å². The number of fused-ring (bicyclic) bond motifs is 1. The zero-order valence-electron chi connectivity index (χ0n) is 17.0. The van der Waals surface area contributed by atoms with Gasteiger partial charge in [0.25, 0.3) is 0 Å². The van der Waals surface area contributed by atoms with Gasteiger partial charge in [0.1, 0.15) is 11.5 Å². The highest BCUT2D eigenvalue weighted by molar-refractivity contribution is 5.93. The first-order valence-corrected chi connectivity index (χ1v) is 10.5. The third kappa shape index (κ3) is 3.41. The average molecular weight is 400 g/mol. The van der Waals surface area contributed by atoms with Gasteiger partial charge in [0.2, 0.25) is 0 Å². The fourth-order valence-electron chi connectivity index (χ4n) is 4.15. The number of aromatic amines is 1. The van der Waals surface area contributed by atoms with Crippen LogP contribution in [0, 0.1) is 0 Å². The van der Waals surface area contributed by atoms with Crippen LogP contribution in [0.15, 0.2) is 48.9 Å². The van der Waals surface area contributed by atoms with E-state index in [0.717, 1.165) is 71.7 Å². The molecule has 1 aliphatic rings. The monoisotopic (exact) mass is 399 g/mol. The minimum atomic E-state index is 0.202. The lowest BCUT2D eigenvalue weighted by Crippen LogP contribution is -2.43. The minimum Gasteiger partial charge on any atom is -0.355 e. The lowest BCUT2D eigenvalue weighted by Gasteiger charge is -2.33. The second-order valence-electron chi connectivity index (χ2n) is 7.81. The summed E-state index contributed by atoms with van der Waals surface area (Å²) in [6.07, 6.45) is 8.51. The summed E-state index contributed by atoms with van der Waals surface area (Å²) in [6.45, 7) is 4.01. The van der Waals surface area contributed by atoms with E-state index in [4.69, 9.17) is 10.7 Å². The van der Waals surface area contributed by atoms with Gasteiger partial charge in [-0.3, -0.25) is 15.1 Å². The van der Waals surface area contributed by atoms with Gasteiger partial charge < -0.3 is 10.6 Å². The van der Waals surface area contributed by atoms with Crippen LogP contribution in [-0.2, 0) is 6.42 Å². The third-order valence-corrected chi connectivity index (χ3v) is 5.74. The Bertz CT molecular complexity index is 1170. The molecular weight excluding hydrogens is 374 g/mol. The highest BCUT2D eigenvalue weighted by atomic mass is 15.2. The molecule has 1 aliphatic heterocycles. The first kappa shape index (κ1) is 18.7. The maximum Gasteiger partial charge on any atom is 0.132 e. The van der Waals surface area contributed by atoms with E-state index in [1.165, 1.54) is 5.56 Å². The van der Waals surface area contributed by atoms with Gasteiger partial charge in [-0.1, -0.05) is 13.0 Å². The van der Waals surface area contributed by atoms with Crippen LogP contribution in [0.3, 0.4) is 0 Å². The van der Waals surface area contributed by atoms with Gasteiger partial charge in [-0.05, 0) is 49.1 Å². The second-order valence-corrected chi connectivity index (χ2v) is 7.81. The standard InChI is InChI=1S/C23H25N7/c1-2-15-7-8-19(27-23(15)30-10-4-6-17(24)14-30)22-18-11-20(16-5-3-9-25-12-16)26-13-21(18)28-29-22/h3,5,7-9,11-13,17H,2,4,6,10,14,24H2,1H3,(H,28,29). The number of hydrogen-bond acceptors (Lipinski definition) is 6. The van der Waals surface area contributed by atoms with Gasteiger partial charge in [-0.25, -0.2) is 4.98 Å². The van der Waals surface area contributed by atoms with Gasteiger partial charge in [0, 0.05) is 42.5 Å². The van der Waals surface area contributed by atoms with Crippen LogP contribution in [-0.4, -0.2) is 44.3 Å². The van der Waals surface area contributed by atoms with Crippen LogP contribution in [0.25, 0.3) is 33.5 Å². The number of rotatable bonds is 4. The molecule has 0 radical (unpaired) electrons. The lowest BCUT2D eigenvalue weighted by atomic mass is 10.0. The number of piperidine rings is 1. The van der Waals surface area contributed by atoms with E-state index < -0.39 is 0 Å². The molecule has 7 heteroatoms. The predicted octanol–water partition coefficient (Wildman–Crippen LogP) is 3.57. The second kappa shape index (κ2) is 7.84. The third-order valence-electron chi connectivity index (χ3n) is 5.74. The predicted molar refractivity (Wildman–Crippen MR) is 119 cm³/mol. The largest absolute Gasteiger partial charge is 0.355 e. The normalized spacial score (nSPS) is 16.9. The number of aryl methyl sites for hydroxylation is 1. The first-order valence-electron chi connectivity index (χ1n) is 10.5. The molecule has 4 aromatic heterocycles. The van der Waals surface area contributed by atoms with Crippen molar-refractivity contribution in [2.75, 3.05) is 18.0 Å². The molecule has 1 unspecified atom stereocenters. The van der Waals surface area contributed by atoms with E-state index in [-0.39, 0.29) is 6.04 Å². The molecule has 3 N–H and O–H groups in total. The van der Waals surface area contributed by atoms with E-state index >= 15 is 0 Å². The van der Waals surface area contributed by atoms with Gasteiger partial charge in [0.15, 0.2) is 0 Å². The molecule has 1 saturated heterocycles. The minimum absolute atomic E-state index is 0.202. The van der Waals surface area contributed by atoms with Crippen molar-refractivity contribution in [3.63, 3.8) is 0 Å². The number of pyridine rings is 3. The van der Waals surface area contributed by atoms with Gasteiger partial charge in [-0.2, -0.15) is 5.10 Å². The molecule has 5 heterocycles. The maximum absolute atomic E-state index is 6.23. The Kier molecular flexibility index (Phi) is 4.88. The van der Waals surface area contributed by atoms with E-state index in [9.17, 15) is 0 Å². The Balaban J connectivity index is 1.59. The molecule has 0 spiro atoms. The molecule has 0 saturated carbocycles. The molecule has 30 heavy (non-hydrogen) atoms. The van der Waals surface area contributed by atoms with Crippen molar-refractivity contribution >= 4 is 16.7 Å². The van der Waals surface area contributed by atoms with Crippen LogP contribution in [0.4, 0.5) is 5.82 Å². The Morgan fingerprint density at radius 2 is 2.13 bits per heavy atom. The molecule has 0 amide bonds. The van der Waals surface area contributed by atoms with Crippen LogP contribution in [0.2, 0.25) is 0 Å². The van der Waals surface area contributed by atoms with Crippen molar-refractivity contribution in [2.45, 2.75) is 32.2 Å². The molecule has 0 aromatic carbocycles. The smallest absolute Gasteiger partial charge is 0.132 e. The number of hydrogen-bond donors (Lipinski definition) is 2. The maximum atomic E-state index is 6.23. The topological polar surface area (TPSA) is 96.6 Å². The molecule has 0 bridgehead atoms. The number of aromatic nitrogens is 5. The van der Waals surface area contributed by atoms with Crippen LogP contribution in [0.5, 0.6) is 0 Å². The fourth-order valence-corrected chi connectivity index (χ4v) is 4.15. The van der Waals surface area contributed by atoms with Gasteiger partial charge >= 0.3 is 0 Å². The lowest BCUT2D eigenvalue weighted by molar-refractivity contribution is 0.502. The number of nitrogens with zero attached hydrogens (tertiary/aromatic N) is 5. The molecule has 0 aliphatic carbocycles. The SMILES string of the molecule is CCc1ccc(-c2n[nH]c3cnc(-c4cccnc4)cc23)nc1N1CCCC(N)C1. The first-order chi connectivity index (χ1) is 14.7. The Labute approximate surface area is 175 Å². The van der Waals surface area contributed by atoms with Gasteiger partial charge in [-0.15, -0.1) is 0 Å². The average Bonchev–Trinajstić information content (AvgIpc) is 3.22. The van der Waals surface area contributed by atoms with Crippen molar-refractivity contribution in [1.82, 2.24) is 25.1 Å². The zero-order chi connectivity index (χ0) is 20.5. The highest BCUT2D eigenvalue weighted by Crippen LogP contribution is 2.31. The molecule has 4 aromatic rings. The fraction of sp³-hybridized carbons (Fsp3) is 0.304. The molecule has 152 valence electrons. The summed E-state index contributed by atoms with van der Waals surface area (Å²) in [5, 5.41) is 8.67. The summed E-state index contributed by atoms with van der Waals surface area (Å²) >= 11 is 0. The summed E-state index contributed by atoms with van der Waals surface area (Å²) in [7, 11) is 0. The molecule has 1 atom stereocenters. The van der Waals surface area contributed by atoms with E-state index in [1.54, 1.807) is 6.20 Å². The van der Waals surface area contributed by atoms with Crippen molar-refractivity contribution in [1.29, 1.82) is 0 Å². The van der Waals surface area contributed by atoms with E-state index in [2.05, 4.69) is 50.2 Å². The highest BCUT2D eigenvalue weighted by Gasteiger charge is 2.21. The van der Waals surface area contributed by atoms with E-state index in [0.29, 0.717) is 0 Å². The summed E-state index contributed by atoms with van der Waals surface area (Å²) in [4.78, 5) is 16.1.